The van der Waals surface area contributed by atoms with Crippen molar-refractivity contribution in [2.45, 2.75) is 6.42 Å². The number of pyridine rings is 1. The van der Waals surface area contributed by atoms with Crippen LogP contribution in [0.2, 0.25) is 0 Å². The lowest BCUT2D eigenvalue weighted by atomic mass is 10.1. The maximum absolute atomic E-state index is 13.0. The first-order chi connectivity index (χ1) is 10.2. The number of imidazole rings is 1. The van der Waals surface area contributed by atoms with Gasteiger partial charge in [0.05, 0.1) is 18.8 Å². The highest BCUT2D eigenvalue weighted by molar-refractivity contribution is 5.88. The van der Waals surface area contributed by atoms with Crippen LogP contribution in [0.5, 0.6) is 0 Å². The first kappa shape index (κ1) is 13.3. The van der Waals surface area contributed by atoms with Gasteiger partial charge in [-0.05, 0) is 29.8 Å². The summed E-state index contributed by atoms with van der Waals surface area (Å²) < 4.78 is 19.5. The van der Waals surface area contributed by atoms with Crippen LogP contribution in [-0.2, 0) is 11.2 Å². The number of hydrogen-bond donors (Lipinski definition) is 0. The molecular formula is C16H13FN2O2. The predicted octanol–water partition coefficient (Wildman–Crippen LogP) is 2.85. The summed E-state index contributed by atoms with van der Waals surface area (Å²) in [5, 5.41) is 0. The summed E-state index contributed by atoms with van der Waals surface area (Å²) in [6.45, 7) is 0. The second-order valence-corrected chi connectivity index (χ2v) is 4.64. The fourth-order valence-electron chi connectivity index (χ4n) is 2.29. The van der Waals surface area contributed by atoms with Crippen LogP contribution in [0.4, 0.5) is 4.39 Å². The molecule has 0 N–H and O–H groups in total. The van der Waals surface area contributed by atoms with Crippen molar-refractivity contribution in [3.05, 3.63) is 71.6 Å². The normalized spacial score (nSPS) is 10.8. The maximum atomic E-state index is 13.0. The van der Waals surface area contributed by atoms with Crippen LogP contribution in [0, 0.1) is 5.82 Å². The Balaban J connectivity index is 2.06. The molecule has 0 unspecified atom stereocenters. The molecule has 0 aliphatic carbocycles. The molecule has 0 aliphatic rings. The van der Waals surface area contributed by atoms with Gasteiger partial charge in [-0.25, -0.2) is 14.2 Å². The average Bonchev–Trinajstić information content (AvgIpc) is 2.92. The number of halogens is 1. The van der Waals surface area contributed by atoms with Crippen molar-refractivity contribution < 1.29 is 13.9 Å². The summed E-state index contributed by atoms with van der Waals surface area (Å²) >= 11 is 0. The van der Waals surface area contributed by atoms with E-state index in [4.69, 9.17) is 4.74 Å². The molecular weight excluding hydrogens is 271 g/mol. The molecule has 2 heterocycles. The summed E-state index contributed by atoms with van der Waals surface area (Å²) in [5.41, 5.74) is 2.16. The van der Waals surface area contributed by atoms with Crippen LogP contribution >= 0.6 is 0 Å². The number of esters is 1. The molecule has 0 saturated carbocycles. The van der Waals surface area contributed by atoms with Gasteiger partial charge in [0.25, 0.3) is 0 Å². The Morgan fingerprint density at radius 3 is 2.71 bits per heavy atom. The summed E-state index contributed by atoms with van der Waals surface area (Å²) in [6.07, 6.45) is 2.20. The van der Waals surface area contributed by atoms with Crippen LogP contribution in [0.1, 0.15) is 21.9 Å². The molecule has 3 rings (SSSR count). The van der Waals surface area contributed by atoms with Gasteiger partial charge in [0, 0.05) is 6.42 Å². The smallest absolute Gasteiger partial charge is 0.355 e. The van der Waals surface area contributed by atoms with Crippen molar-refractivity contribution in [1.29, 1.82) is 0 Å². The zero-order valence-corrected chi connectivity index (χ0v) is 11.4. The largest absolute Gasteiger partial charge is 0.464 e. The monoisotopic (exact) mass is 284 g/mol. The van der Waals surface area contributed by atoms with Crippen molar-refractivity contribution in [2.24, 2.45) is 0 Å². The Morgan fingerprint density at radius 1 is 1.24 bits per heavy atom. The average molecular weight is 284 g/mol. The molecule has 106 valence electrons. The predicted molar refractivity (Wildman–Crippen MR) is 75.7 cm³/mol. The number of nitrogens with zero attached hydrogens (tertiary/aromatic N) is 2. The number of hydrogen-bond acceptors (Lipinski definition) is 3. The second kappa shape index (κ2) is 5.36. The summed E-state index contributed by atoms with van der Waals surface area (Å²) in [6, 6.07) is 11.6. The molecule has 0 radical (unpaired) electrons. The van der Waals surface area contributed by atoms with E-state index in [2.05, 4.69) is 4.98 Å². The Hall–Kier alpha value is -2.69. The molecule has 3 aromatic rings. The molecule has 0 aliphatic heterocycles. The van der Waals surface area contributed by atoms with Gasteiger partial charge < -0.3 is 4.74 Å². The zero-order chi connectivity index (χ0) is 14.8. The summed E-state index contributed by atoms with van der Waals surface area (Å²) in [5.74, 6) is 0.0125. The van der Waals surface area contributed by atoms with E-state index >= 15 is 0 Å². The SMILES string of the molecule is COC(=O)c1cccc2cnc(Cc3ccc(F)cc3)n12. The maximum Gasteiger partial charge on any atom is 0.355 e. The van der Waals surface area contributed by atoms with Gasteiger partial charge in [-0.3, -0.25) is 4.40 Å². The van der Waals surface area contributed by atoms with Gasteiger partial charge >= 0.3 is 5.97 Å². The van der Waals surface area contributed by atoms with Crippen LogP contribution in [-0.4, -0.2) is 22.5 Å². The molecule has 0 amide bonds. The van der Waals surface area contributed by atoms with Gasteiger partial charge in [-0.15, -0.1) is 0 Å². The standard InChI is InChI=1S/C16H13FN2O2/c1-21-16(20)14-4-2-3-13-10-18-15(19(13)14)9-11-5-7-12(17)8-6-11/h2-8,10H,9H2,1H3. The first-order valence-corrected chi connectivity index (χ1v) is 6.47. The minimum atomic E-state index is -0.418. The fourth-order valence-corrected chi connectivity index (χ4v) is 2.29. The number of aromatic nitrogens is 2. The fraction of sp³-hybridized carbons (Fsp3) is 0.125. The summed E-state index contributed by atoms with van der Waals surface area (Å²) in [7, 11) is 1.34. The number of rotatable bonds is 3. The second-order valence-electron chi connectivity index (χ2n) is 4.64. The Labute approximate surface area is 120 Å². The quantitative estimate of drug-likeness (QED) is 0.695. The van der Waals surface area contributed by atoms with Gasteiger partial charge in [0.2, 0.25) is 0 Å². The molecule has 0 bridgehead atoms. The number of methoxy groups -OCH3 is 1. The van der Waals surface area contributed by atoms with Crippen LogP contribution in [0.3, 0.4) is 0 Å². The van der Waals surface area contributed by atoms with E-state index in [0.29, 0.717) is 17.9 Å². The Morgan fingerprint density at radius 2 is 2.00 bits per heavy atom. The van der Waals surface area contributed by atoms with Crippen molar-refractivity contribution in [3.8, 4) is 0 Å². The Kier molecular flexibility index (Phi) is 3.39. The van der Waals surface area contributed by atoms with Gasteiger partial charge in [-0.2, -0.15) is 0 Å². The minimum absolute atomic E-state index is 0.276. The van der Waals surface area contributed by atoms with E-state index in [1.54, 1.807) is 34.9 Å². The molecule has 1 aromatic carbocycles. The number of fused-ring (bicyclic) bond motifs is 1. The molecule has 4 nitrogen and oxygen atoms in total. The van der Waals surface area contributed by atoms with Gasteiger partial charge in [0.1, 0.15) is 17.3 Å². The third kappa shape index (κ3) is 2.50. The van der Waals surface area contributed by atoms with Crippen LogP contribution < -0.4 is 0 Å². The number of benzene rings is 1. The van der Waals surface area contributed by atoms with E-state index < -0.39 is 5.97 Å². The van der Waals surface area contributed by atoms with E-state index in [1.165, 1.54) is 19.2 Å². The molecule has 0 spiro atoms. The van der Waals surface area contributed by atoms with E-state index in [1.807, 2.05) is 6.07 Å². The third-order valence-corrected chi connectivity index (χ3v) is 3.29. The van der Waals surface area contributed by atoms with Crippen molar-refractivity contribution >= 4 is 11.5 Å². The lowest BCUT2D eigenvalue weighted by Crippen LogP contribution is -2.10. The lowest BCUT2D eigenvalue weighted by molar-refractivity contribution is 0.0592. The van der Waals surface area contributed by atoms with Crippen LogP contribution in [0.25, 0.3) is 5.52 Å². The molecule has 2 aromatic heterocycles. The lowest BCUT2D eigenvalue weighted by Gasteiger charge is -2.07. The van der Waals surface area contributed by atoms with Crippen molar-refractivity contribution in [3.63, 3.8) is 0 Å². The highest BCUT2D eigenvalue weighted by Crippen LogP contribution is 2.15. The third-order valence-electron chi connectivity index (χ3n) is 3.29. The summed E-state index contributed by atoms with van der Waals surface area (Å²) in [4.78, 5) is 16.2. The molecule has 0 saturated heterocycles. The van der Waals surface area contributed by atoms with Crippen LogP contribution in [0.15, 0.2) is 48.7 Å². The highest BCUT2D eigenvalue weighted by atomic mass is 19.1. The molecule has 0 fully saturated rings. The first-order valence-electron chi connectivity index (χ1n) is 6.47. The number of carbonyl (C=O) groups is 1. The molecule has 21 heavy (non-hydrogen) atoms. The van der Waals surface area contributed by atoms with E-state index in [-0.39, 0.29) is 5.82 Å². The zero-order valence-electron chi connectivity index (χ0n) is 11.4. The molecule has 5 heteroatoms. The topological polar surface area (TPSA) is 43.6 Å². The highest BCUT2D eigenvalue weighted by Gasteiger charge is 2.14. The van der Waals surface area contributed by atoms with Gasteiger partial charge in [-0.1, -0.05) is 18.2 Å². The minimum Gasteiger partial charge on any atom is -0.464 e. The van der Waals surface area contributed by atoms with Crippen molar-refractivity contribution in [2.75, 3.05) is 7.11 Å². The van der Waals surface area contributed by atoms with E-state index in [9.17, 15) is 9.18 Å². The van der Waals surface area contributed by atoms with E-state index in [0.717, 1.165) is 11.1 Å². The molecule has 0 atom stereocenters. The number of carbonyl (C=O) groups excluding carboxylic acids is 1. The Bertz CT molecular complexity index is 794. The van der Waals surface area contributed by atoms with Crippen molar-refractivity contribution in [1.82, 2.24) is 9.38 Å². The van der Waals surface area contributed by atoms with Gasteiger partial charge in [0.15, 0.2) is 0 Å². The number of ether oxygens (including phenoxy) is 1.